The van der Waals surface area contributed by atoms with Crippen LogP contribution >= 0.6 is 11.6 Å². The molecule has 8 heteroatoms. The Bertz CT molecular complexity index is 1180. The molecule has 5 rings (SSSR count). The Hall–Kier alpha value is -2.74. The summed E-state index contributed by atoms with van der Waals surface area (Å²) in [6.45, 7) is 3.22. The van der Waals surface area contributed by atoms with Gasteiger partial charge in [-0.3, -0.25) is 5.10 Å². The quantitative estimate of drug-likeness (QED) is 0.515. The van der Waals surface area contributed by atoms with E-state index in [0.717, 1.165) is 45.7 Å². The molecule has 1 fully saturated rings. The van der Waals surface area contributed by atoms with E-state index in [1.165, 1.54) is 0 Å². The van der Waals surface area contributed by atoms with Gasteiger partial charge in [-0.1, -0.05) is 11.6 Å². The van der Waals surface area contributed by atoms with Gasteiger partial charge in [0.2, 0.25) is 0 Å². The highest BCUT2D eigenvalue weighted by Crippen LogP contribution is 2.36. The molecular weight excluding hydrogens is 390 g/mol. The fourth-order valence-corrected chi connectivity index (χ4v) is 4.08. The normalized spacial score (nSPS) is 19.3. The van der Waals surface area contributed by atoms with E-state index in [9.17, 15) is 0 Å². The second-order valence-corrected chi connectivity index (χ2v) is 7.68. The summed E-state index contributed by atoms with van der Waals surface area (Å²) in [4.78, 5) is 9.24. The Kier molecular flexibility index (Phi) is 4.38. The molecule has 0 spiro atoms. The number of H-pyrrole nitrogens is 1. The van der Waals surface area contributed by atoms with Crippen molar-refractivity contribution in [2.45, 2.75) is 18.9 Å². The van der Waals surface area contributed by atoms with Crippen LogP contribution < -0.4 is 0 Å². The van der Waals surface area contributed by atoms with Crippen LogP contribution in [0.5, 0.6) is 0 Å². The summed E-state index contributed by atoms with van der Waals surface area (Å²) in [7, 11) is 1.71. The zero-order valence-corrected chi connectivity index (χ0v) is 16.9. The first-order valence-corrected chi connectivity index (χ1v) is 9.76. The third-order valence-corrected chi connectivity index (χ3v) is 5.70. The molecule has 4 aromatic rings. The minimum Gasteiger partial charge on any atom is -0.378 e. The van der Waals surface area contributed by atoms with Crippen molar-refractivity contribution >= 4 is 22.5 Å². The maximum atomic E-state index is 6.22. The topological polar surface area (TPSA) is 77.9 Å². The van der Waals surface area contributed by atoms with Gasteiger partial charge in [-0.25, -0.2) is 9.97 Å². The van der Waals surface area contributed by atoms with Gasteiger partial charge in [0.1, 0.15) is 16.6 Å². The molecule has 4 aromatic heterocycles. The molecular formula is C21H20ClN5O2. The molecule has 0 saturated carbocycles. The number of fused-ring (bicyclic) bond motifs is 1. The van der Waals surface area contributed by atoms with E-state index in [2.05, 4.69) is 28.2 Å². The first kappa shape index (κ1) is 18.3. The number of methoxy groups -OCH3 is 1. The SMILES string of the molecule is CO[C@@]1(c2cc(C)cc(-n3cc(-c4ccn[nH]4)c4cnc(Cl)cc43)n2)CCOC1. The van der Waals surface area contributed by atoms with Crippen molar-refractivity contribution in [2.75, 3.05) is 20.3 Å². The van der Waals surface area contributed by atoms with Gasteiger partial charge in [-0.05, 0) is 30.7 Å². The van der Waals surface area contributed by atoms with Gasteiger partial charge in [-0.15, -0.1) is 0 Å². The van der Waals surface area contributed by atoms with Gasteiger partial charge in [0.25, 0.3) is 0 Å². The monoisotopic (exact) mass is 409 g/mol. The third kappa shape index (κ3) is 3.02. The summed E-state index contributed by atoms with van der Waals surface area (Å²) >= 11 is 6.22. The van der Waals surface area contributed by atoms with Crippen LogP contribution in [0.25, 0.3) is 28.0 Å². The van der Waals surface area contributed by atoms with Crippen molar-refractivity contribution in [3.63, 3.8) is 0 Å². The summed E-state index contributed by atoms with van der Waals surface area (Å²) in [6.07, 6.45) is 6.32. The number of halogens is 1. The Morgan fingerprint density at radius 3 is 2.93 bits per heavy atom. The van der Waals surface area contributed by atoms with Crippen LogP contribution in [-0.2, 0) is 15.1 Å². The number of hydrogen-bond donors (Lipinski definition) is 1. The molecule has 7 nitrogen and oxygen atoms in total. The third-order valence-electron chi connectivity index (χ3n) is 5.49. The van der Waals surface area contributed by atoms with Crippen molar-refractivity contribution in [3.8, 4) is 17.1 Å². The van der Waals surface area contributed by atoms with Crippen molar-refractivity contribution < 1.29 is 9.47 Å². The smallest absolute Gasteiger partial charge is 0.137 e. The van der Waals surface area contributed by atoms with Crippen LogP contribution in [0.15, 0.2) is 42.9 Å². The summed E-state index contributed by atoms with van der Waals surface area (Å²) in [5, 5.41) is 8.50. The minimum atomic E-state index is -0.519. The van der Waals surface area contributed by atoms with Crippen molar-refractivity contribution in [3.05, 3.63) is 59.3 Å². The van der Waals surface area contributed by atoms with Crippen molar-refractivity contribution in [1.29, 1.82) is 0 Å². The fraction of sp³-hybridized carbons (Fsp3) is 0.286. The molecule has 1 aliphatic heterocycles. The molecule has 0 amide bonds. The van der Waals surface area contributed by atoms with Gasteiger partial charge >= 0.3 is 0 Å². The van der Waals surface area contributed by atoms with E-state index < -0.39 is 5.60 Å². The lowest BCUT2D eigenvalue weighted by Gasteiger charge is -2.26. The van der Waals surface area contributed by atoms with Gasteiger partial charge in [0, 0.05) is 55.7 Å². The number of nitrogens with zero attached hydrogens (tertiary/aromatic N) is 4. The lowest BCUT2D eigenvalue weighted by atomic mass is 9.97. The second kappa shape index (κ2) is 6.95. The second-order valence-electron chi connectivity index (χ2n) is 7.30. The molecule has 0 aliphatic carbocycles. The molecule has 1 aliphatic rings. The van der Waals surface area contributed by atoms with E-state index >= 15 is 0 Å². The predicted octanol–water partition coefficient (Wildman–Crippen LogP) is 4.03. The van der Waals surface area contributed by atoms with E-state index in [4.69, 9.17) is 26.1 Å². The fourth-order valence-electron chi connectivity index (χ4n) is 3.92. The molecule has 0 unspecified atom stereocenters. The van der Waals surface area contributed by atoms with Gasteiger partial charge in [-0.2, -0.15) is 5.10 Å². The van der Waals surface area contributed by atoms with Crippen LogP contribution in [0.2, 0.25) is 5.15 Å². The molecule has 1 saturated heterocycles. The minimum absolute atomic E-state index is 0.429. The molecule has 148 valence electrons. The zero-order chi connectivity index (χ0) is 20.0. The lowest BCUT2D eigenvalue weighted by molar-refractivity contribution is -0.0246. The Labute approximate surface area is 172 Å². The maximum Gasteiger partial charge on any atom is 0.137 e. The number of aromatic amines is 1. The Morgan fingerprint density at radius 2 is 2.21 bits per heavy atom. The number of nitrogens with one attached hydrogen (secondary N) is 1. The predicted molar refractivity (Wildman–Crippen MR) is 110 cm³/mol. The average molecular weight is 410 g/mol. The zero-order valence-electron chi connectivity index (χ0n) is 16.1. The average Bonchev–Trinajstić information content (AvgIpc) is 3.46. The molecule has 5 heterocycles. The van der Waals surface area contributed by atoms with Crippen molar-refractivity contribution in [2.24, 2.45) is 0 Å². The van der Waals surface area contributed by atoms with Crippen molar-refractivity contribution in [1.82, 2.24) is 24.7 Å². The van der Waals surface area contributed by atoms with Gasteiger partial charge in [0.05, 0.1) is 23.5 Å². The highest BCUT2D eigenvalue weighted by molar-refractivity contribution is 6.30. The largest absolute Gasteiger partial charge is 0.378 e. The van der Waals surface area contributed by atoms with E-state index in [1.54, 1.807) is 19.5 Å². The molecule has 0 aromatic carbocycles. The van der Waals surface area contributed by atoms with E-state index in [0.29, 0.717) is 18.4 Å². The number of rotatable bonds is 4. The van der Waals surface area contributed by atoms with Crippen LogP contribution in [0, 0.1) is 6.92 Å². The number of pyridine rings is 2. The first-order valence-electron chi connectivity index (χ1n) is 9.38. The molecule has 29 heavy (non-hydrogen) atoms. The Balaban J connectivity index is 1.73. The number of hydrogen-bond acceptors (Lipinski definition) is 5. The number of ether oxygens (including phenoxy) is 2. The molecule has 0 radical (unpaired) electrons. The summed E-state index contributed by atoms with van der Waals surface area (Å²) < 4.78 is 13.5. The highest BCUT2D eigenvalue weighted by Gasteiger charge is 2.38. The van der Waals surface area contributed by atoms with E-state index in [1.807, 2.05) is 29.0 Å². The van der Waals surface area contributed by atoms with Crippen LogP contribution in [-0.4, -0.2) is 45.1 Å². The number of aryl methyl sites for hydroxylation is 1. The highest BCUT2D eigenvalue weighted by atomic mass is 35.5. The summed E-state index contributed by atoms with van der Waals surface area (Å²) in [6, 6.07) is 7.90. The molecule has 1 N–H and O–H groups in total. The van der Waals surface area contributed by atoms with Crippen LogP contribution in [0.3, 0.4) is 0 Å². The van der Waals surface area contributed by atoms with Crippen LogP contribution in [0.1, 0.15) is 17.7 Å². The summed E-state index contributed by atoms with van der Waals surface area (Å²) in [5.41, 5.74) is 4.26. The maximum absolute atomic E-state index is 6.22. The van der Waals surface area contributed by atoms with Crippen LogP contribution in [0.4, 0.5) is 0 Å². The first-order chi connectivity index (χ1) is 14.1. The number of aromatic nitrogens is 5. The van der Waals surface area contributed by atoms with Gasteiger partial charge < -0.3 is 14.0 Å². The van der Waals surface area contributed by atoms with E-state index in [-0.39, 0.29) is 0 Å². The standard InChI is InChI=1S/C21H20ClN5O2/c1-13-7-18(21(28-2)4-6-29-12-21)25-20(8-13)27-11-15(16-3-5-24-26-16)14-10-23-19(22)9-17(14)27/h3,5,7-11H,4,6,12H2,1-2H3,(H,24,26)/t21-/m0/s1. The van der Waals surface area contributed by atoms with Gasteiger partial charge in [0.15, 0.2) is 0 Å². The molecule has 0 bridgehead atoms. The molecule has 1 atom stereocenters. The lowest BCUT2D eigenvalue weighted by Crippen LogP contribution is -2.30. The Morgan fingerprint density at radius 1 is 1.31 bits per heavy atom. The summed E-state index contributed by atoms with van der Waals surface area (Å²) in [5.74, 6) is 0.793.